The van der Waals surface area contributed by atoms with E-state index < -0.39 is 6.04 Å². The number of aromatic nitrogens is 1. The van der Waals surface area contributed by atoms with Crippen LogP contribution in [0.4, 0.5) is 0 Å². The van der Waals surface area contributed by atoms with E-state index in [0.717, 1.165) is 16.5 Å². The van der Waals surface area contributed by atoms with E-state index in [1.54, 1.807) is 0 Å². The van der Waals surface area contributed by atoms with Crippen molar-refractivity contribution in [3.05, 3.63) is 36.0 Å². The fourth-order valence-electron chi connectivity index (χ4n) is 2.22. The Morgan fingerprint density at radius 1 is 1.32 bits per heavy atom. The Morgan fingerprint density at radius 3 is 2.77 bits per heavy atom. The van der Waals surface area contributed by atoms with Gasteiger partial charge in [0, 0.05) is 18.3 Å². The van der Waals surface area contributed by atoms with Gasteiger partial charge >= 0.3 is 5.97 Å². The number of benzene rings is 1. The zero-order chi connectivity index (χ0) is 16.2. The van der Waals surface area contributed by atoms with Crippen molar-refractivity contribution >= 4 is 16.9 Å². The molecule has 1 heterocycles. The number of para-hydroxylation sites is 1. The van der Waals surface area contributed by atoms with Crippen molar-refractivity contribution in [1.29, 1.82) is 0 Å². The summed E-state index contributed by atoms with van der Waals surface area (Å²) in [6.45, 7) is 6.71. The standard InChI is InChI=1S/C17H24N2O3/c1-17(2,3)22-11-14(16(20)21-4)19-10-13-7-5-6-12-8-9-18-15(12)13/h5-9,14,18-19H,10-11H2,1-4H3. The maximum Gasteiger partial charge on any atom is 0.325 e. The van der Waals surface area contributed by atoms with Crippen LogP contribution in [-0.2, 0) is 20.8 Å². The van der Waals surface area contributed by atoms with E-state index in [-0.39, 0.29) is 18.2 Å². The van der Waals surface area contributed by atoms with Gasteiger partial charge in [-0.05, 0) is 37.8 Å². The third kappa shape index (κ3) is 4.32. The monoisotopic (exact) mass is 304 g/mol. The lowest BCUT2D eigenvalue weighted by Crippen LogP contribution is -2.43. The van der Waals surface area contributed by atoms with Gasteiger partial charge in [-0.1, -0.05) is 18.2 Å². The third-order valence-corrected chi connectivity index (χ3v) is 3.38. The van der Waals surface area contributed by atoms with Gasteiger partial charge in [0.05, 0.1) is 19.3 Å². The fraction of sp³-hybridized carbons (Fsp3) is 0.471. The van der Waals surface area contributed by atoms with Crippen LogP contribution in [0.15, 0.2) is 30.5 Å². The first kappa shape index (κ1) is 16.5. The summed E-state index contributed by atoms with van der Waals surface area (Å²) >= 11 is 0. The lowest BCUT2D eigenvalue weighted by atomic mass is 10.1. The minimum absolute atomic E-state index is 0.275. The van der Waals surface area contributed by atoms with Gasteiger partial charge in [0.1, 0.15) is 6.04 Å². The van der Waals surface area contributed by atoms with Crippen LogP contribution in [0.3, 0.4) is 0 Å². The molecule has 22 heavy (non-hydrogen) atoms. The highest BCUT2D eigenvalue weighted by atomic mass is 16.5. The van der Waals surface area contributed by atoms with Crippen LogP contribution in [0.2, 0.25) is 0 Å². The molecular formula is C17H24N2O3. The van der Waals surface area contributed by atoms with Crippen LogP contribution in [0.1, 0.15) is 26.3 Å². The van der Waals surface area contributed by atoms with Crippen LogP contribution < -0.4 is 5.32 Å². The number of ether oxygens (including phenoxy) is 2. The summed E-state index contributed by atoms with van der Waals surface area (Å²) in [7, 11) is 1.39. The van der Waals surface area contributed by atoms with Crippen molar-refractivity contribution in [3.63, 3.8) is 0 Å². The highest BCUT2D eigenvalue weighted by Gasteiger charge is 2.22. The second-order valence-corrected chi connectivity index (χ2v) is 6.24. The molecule has 2 aromatic rings. The zero-order valence-electron chi connectivity index (χ0n) is 13.6. The van der Waals surface area contributed by atoms with Crippen molar-refractivity contribution in [3.8, 4) is 0 Å². The van der Waals surface area contributed by atoms with Gasteiger partial charge < -0.3 is 14.5 Å². The maximum absolute atomic E-state index is 11.9. The minimum Gasteiger partial charge on any atom is -0.468 e. The third-order valence-electron chi connectivity index (χ3n) is 3.38. The largest absolute Gasteiger partial charge is 0.468 e. The second kappa shape index (κ2) is 6.94. The summed E-state index contributed by atoms with van der Waals surface area (Å²) in [6.07, 6.45) is 1.91. The predicted molar refractivity (Wildman–Crippen MR) is 86.6 cm³/mol. The number of methoxy groups -OCH3 is 1. The van der Waals surface area contributed by atoms with Crippen LogP contribution in [0.5, 0.6) is 0 Å². The molecule has 5 nitrogen and oxygen atoms in total. The minimum atomic E-state index is -0.491. The van der Waals surface area contributed by atoms with Crippen molar-refractivity contribution in [2.24, 2.45) is 0 Å². The van der Waals surface area contributed by atoms with Crippen molar-refractivity contribution in [1.82, 2.24) is 10.3 Å². The van der Waals surface area contributed by atoms with Crippen molar-refractivity contribution in [2.45, 2.75) is 39.0 Å². The van der Waals surface area contributed by atoms with E-state index in [2.05, 4.69) is 16.4 Å². The summed E-state index contributed by atoms with van der Waals surface area (Å²) in [4.78, 5) is 15.1. The Balaban J connectivity index is 2.04. The number of nitrogens with one attached hydrogen (secondary N) is 2. The molecule has 1 atom stereocenters. The Kier molecular flexibility index (Phi) is 5.21. The summed E-state index contributed by atoms with van der Waals surface area (Å²) in [5.41, 5.74) is 1.88. The predicted octanol–water partition coefficient (Wildman–Crippen LogP) is 2.61. The van der Waals surface area contributed by atoms with E-state index in [1.807, 2.05) is 45.2 Å². The van der Waals surface area contributed by atoms with E-state index in [0.29, 0.717) is 6.54 Å². The normalized spacial score (nSPS) is 13.3. The molecule has 2 N–H and O–H groups in total. The molecule has 0 saturated carbocycles. The highest BCUT2D eigenvalue weighted by Crippen LogP contribution is 2.17. The number of rotatable bonds is 6. The summed E-state index contributed by atoms with van der Waals surface area (Å²) in [5.74, 6) is -0.317. The zero-order valence-corrected chi connectivity index (χ0v) is 13.6. The molecule has 5 heteroatoms. The molecule has 0 bridgehead atoms. The van der Waals surface area contributed by atoms with Gasteiger partial charge in [-0.3, -0.25) is 10.1 Å². The lowest BCUT2D eigenvalue weighted by Gasteiger charge is -2.24. The van der Waals surface area contributed by atoms with E-state index in [1.165, 1.54) is 7.11 Å². The second-order valence-electron chi connectivity index (χ2n) is 6.24. The van der Waals surface area contributed by atoms with Crippen LogP contribution in [0.25, 0.3) is 10.9 Å². The number of hydrogen-bond donors (Lipinski definition) is 2. The van der Waals surface area contributed by atoms with Crippen molar-refractivity contribution in [2.75, 3.05) is 13.7 Å². The number of fused-ring (bicyclic) bond motifs is 1. The summed E-state index contributed by atoms with van der Waals surface area (Å²) in [6, 6.07) is 7.63. The SMILES string of the molecule is COC(=O)C(COC(C)(C)C)NCc1cccc2cc[nH]c12. The number of carbonyl (C=O) groups is 1. The molecule has 0 amide bonds. The van der Waals surface area contributed by atoms with Gasteiger partial charge in [-0.25, -0.2) is 0 Å². The van der Waals surface area contributed by atoms with Crippen LogP contribution >= 0.6 is 0 Å². The Morgan fingerprint density at radius 2 is 2.09 bits per heavy atom. The van der Waals surface area contributed by atoms with Gasteiger partial charge in [-0.15, -0.1) is 0 Å². The Hall–Kier alpha value is -1.85. The van der Waals surface area contributed by atoms with Gasteiger partial charge in [0.2, 0.25) is 0 Å². The first-order chi connectivity index (χ1) is 10.4. The molecule has 0 aliphatic heterocycles. The summed E-state index contributed by atoms with van der Waals surface area (Å²) < 4.78 is 10.6. The first-order valence-corrected chi connectivity index (χ1v) is 7.41. The number of H-pyrrole nitrogens is 1. The molecule has 0 fully saturated rings. The molecule has 1 aromatic heterocycles. The fourth-order valence-corrected chi connectivity index (χ4v) is 2.22. The molecule has 0 aliphatic rings. The smallest absolute Gasteiger partial charge is 0.325 e. The number of carbonyl (C=O) groups excluding carboxylic acids is 1. The van der Waals surface area contributed by atoms with E-state index in [9.17, 15) is 4.79 Å². The molecule has 0 radical (unpaired) electrons. The number of aromatic amines is 1. The molecule has 1 aromatic carbocycles. The highest BCUT2D eigenvalue weighted by molar-refractivity contribution is 5.82. The first-order valence-electron chi connectivity index (χ1n) is 7.41. The van der Waals surface area contributed by atoms with Gasteiger partial charge in [0.25, 0.3) is 0 Å². The molecular weight excluding hydrogens is 280 g/mol. The number of esters is 1. The van der Waals surface area contributed by atoms with Crippen molar-refractivity contribution < 1.29 is 14.3 Å². The van der Waals surface area contributed by atoms with Crippen LogP contribution in [0, 0.1) is 0 Å². The molecule has 0 spiro atoms. The molecule has 2 rings (SSSR count). The van der Waals surface area contributed by atoms with Gasteiger partial charge in [-0.2, -0.15) is 0 Å². The average Bonchev–Trinajstić information content (AvgIpc) is 2.94. The molecule has 1 unspecified atom stereocenters. The Bertz CT molecular complexity index is 628. The topological polar surface area (TPSA) is 63.4 Å². The van der Waals surface area contributed by atoms with Crippen LogP contribution in [-0.4, -0.2) is 36.3 Å². The molecule has 120 valence electrons. The number of hydrogen-bond acceptors (Lipinski definition) is 4. The lowest BCUT2D eigenvalue weighted by molar-refractivity contribution is -0.146. The van der Waals surface area contributed by atoms with E-state index >= 15 is 0 Å². The quantitative estimate of drug-likeness (QED) is 0.805. The Labute approximate surface area is 131 Å². The van der Waals surface area contributed by atoms with E-state index in [4.69, 9.17) is 9.47 Å². The maximum atomic E-state index is 11.9. The van der Waals surface area contributed by atoms with Gasteiger partial charge in [0.15, 0.2) is 0 Å². The molecule has 0 saturated heterocycles. The average molecular weight is 304 g/mol. The molecule has 0 aliphatic carbocycles. The summed E-state index contributed by atoms with van der Waals surface area (Å²) in [5, 5.41) is 4.37.